The maximum atomic E-state index is 12.0. The van der Waals surface area contributed by atoms with Crippen LogP contribution in [0, 0.1) is 5.92 Å². The van der Waals surface area contributed by atoms with E-state index in [4.69, 9.17) is 0 Å². The molecule has 0 aromatic heterocycles. The summed E-state index contributed by atoms with van der Waals surface area (Å²) >= 11 is 1.58. The average Bonchev–Trinajstić information content (AvgIpc) is 2.43. The number of imide groups is 1. The van der Waals surface area contributed by atoms with E-state index in [1.54, 1.807) is 24.8 Å². The second kappa shape index (κ2) is 6.62. The Balaban J connectivity index is 1.97. The number of benzene rings is 1. The minimum absolute atomic E-state index is 0.0246. The van der Waals surface area contributed by atoms with Gasteiger partial charge in [-0.05, 0) is 31.4 Å². The van der Waals surface area contributed by atoms with Crippen molar-refractivity contribution in [3.8, 4) is 0 Å². The molecule has 1 aromatic carbocycles. The fraction of sp³-hybridized carbons (Fsp3) is 0.357. The number of anilines is 1. The van der Waals surface area contributed by atoms with Crippen molar-refractivity contribution >= 4 is 35.3 Å². The van der Waals surface area contributed by atoms with Crippen molar-refractivity contribution in [2.24, 2.45) is 5.92 Å². The summed E-state index contributed by atoms with van der Waals surface area (Å²) in [6, 6.07) is 6.59. The van der Waals surface area contributed by atoms with Crippen LogP contribution in [0.2, 0.25) is 0 Å². The highest BCUT2D eigenvalue weighted by Gasteiger charge is 2.34. The van der Waals surface area contributed by atoms with Crippen molar-refractivity contribution in [1.29, 1.82) is 0 Å². The Morgan fingerprint density at radius 1 is 1.38 bits per heavy atom. The molecule has 2 unspecified atom stereocenters. The number of hydrogen-bond acceptors (Lipinski definition) is 4. The third-order valence-corrected chi connectivity index (χ3v) is 4.02. The molecule has 1 saturated heterocycles. The largest absolute Gasteiger partial charge is 0.335 e. The summed E-state index contributed by atoms with van der Waals surface area (Å²) in [6.07, 6.45) is 1.98. The molecule has 1 fully saturated rings. The maximum absolute atomic E-state index is 12.0. The number of carbonyl (C=O) groups excluding carboxylic acids is 3. The Hall–Kier alpha value is -2.02. The van der Waals surface area contributed by atoms with Crippen molar-refractivity contribution in [2.45, 2.75) is 24.3 Å². The SMILES string of the molecule is CSc1cccc(NC(=O)CC2C(=O)NC(=O)NC2C)c1. The molecule has 1 aliphatic heterocycles. The molecule has 112 valence electrons. The van der Waals surface area contributed by atoms with E-state index in [1.807, 2.05) is 24.5 Å². The van der Waals surface area contributed by atoms with Gasteiger partial charge < -0.3 is 10.6 Å². The number of carbonyl (C=O) groups is 3. The highest BCUT2D eigenvalue weighted by atomic mass is 32.2. The molecular weight excluding hydrogens is 290 g/mol. The predicted molar refractivity (Wildman–Crippen MR) is 81.1 cm³/mol. The van der Waals surface area contributed by atoms with Gasteiger partial charge in [0, 0.05) is 23.0 Å². The Morgan fingerprint density at radius 2 is 2.14 bits per heavy atom. The lowest BCUT2D eigenvalue weighted by Gasteiger charge is -2.28. The molecule has 4 amide bonds. The molecule has 0 bridgehead atoms. The fourth-order valence-electron chi connectivity index (χ4n) is 2.16. The smallest absolute Gasteiger partial charge is 0.321 e. The zero-order valence-electron chi connectivity index (χ0n) is 11.8. The summed E-state index contributed by atoms with van der Waals surface area (Å²) < 4.78 is 0. The van der Waals surface area contributed by atoms with Crippen molar-refractivity contribution in [1.82, 2.24) is 10.6 Å². The van der Waals surface area contributed by atoms with Crippen molar-refractivity contribution in [3.05, 3.63) is 24.3 Å². The minimum Gasteiger partial charge on any atom is -0.335 e. The number of hydrogen-bond donors (Lipinski definition) is 3. The van der Waals surface area contributed by atoms with Crippen LogP contribution in [0.4, 0.5) is 10.5 Å². The van der Waals surface area contributed by atoms with Gasteiger partial charge in [-0.3, -0.25) is 14.9 Å². The second-order valence-electron chi connectivity index (χ2n) is 4.84. The van der Waals surface area contributed by atoms with E-state index in [2.05, 4.69) is 16.0 Å². The highest BCUT2D eigenvalue weighted by Crippen LogP contribution is 2.20. The molecule has 3 N–H and O–H groups in total. The lowest BCUT2D eigenvalue weighted by Crippen LogP contribution is -2.57. The average molecular weight is 307 g/mol. The van der Waals surface area contributed by atoms with Gasteiger partial charge in [0.15, 0.2) is 0 Å². The van der Waals surface area contributed by atoms with Gasteiger partial charge in [0.1, 0.15) is 0 Å². The van der Waals surface area contributed by atoms with Gasteiger partial charge in [-0.2, -0.15) is 0 Å². The van der Waals surface area contributed by atoms with Crippen molar-refractivity contribution < 1.29 is 14.4 Å². The summed E-state index contributed by atoms with van der Waals surface area (Å²) in [7, 11) is 0. The van der Waals surface area contributed by atoms with E-state index in [1.165, 1.54) is 0 Å². The van der Waals surface area contributed by atoms with Crippen LogP contribution in [0.3, 0.4) is 0 Å². The molecule has 2 rings (SSSR count). The third kappa shape index (κ3) is 3.98. The number of rotatable bonds is 4. The van der Waals surface area contributed by atoms with Gasteiger partial charge in [0.25, 0.3) is 0 Å². The fourth-order valence-corrected chi connectivity index (χ4v) is 2.62. The van der Waals surface area contributed by atoms with Crippen molar-refractivity contribution in [2.75, 3.05) is 11.6 Å². The predicted octanol–water partition coefficient (Wildman–Crippen LogP) is 1.58. The first-order valence-electron chi connectivity index (χ1n) is 6.55. The van der Waals surface area contributed by atoms with E-state index in [0.717, 1.165) is 4.90 Å². The van der Waals surface area contributed by atoms with Gasteiger partial charge in [-0.1, -0.05) is 6.07 Å². The molecule has 0 radical (unpaired) electrons. The first-order valence-corrected chi connectivity index (χ1v) is 7.77. The quantitative estimate of drug-likeness (QED) is 0.737. The van der Waals surface area contributed by atoms with Crippen LogP contribution in [0.5, 0.6) is 0 Å². The molecule has 0 saturated carbocycles. The highest BCUT2D eigenvalue weighted by molar-refractivity contribution is 7.98. The third-order valence-electron chi connectivity index (χ3n) is 3.29. The van der Waals surface area contributed by atoms with Crippen LogP contribution in [0.25, 0.3) is 0 Å². The first kappa shape index (κ1) is 15.4. The zero-order chi connectivity index (χ0) is 15.4. The van der Waals surface area contributed by atoms with E-state index in [9.17, 15) is 14.4 Å². The van der Waals surface area contributed by atoms with Gasteiger partial charge in [-0.15, -0.1) is 11.8 Å². The Labute approximate surface area is 127 Å². The van der Waals surface area contributed by atoms with Gasteiger partial charge >= 0.3 is 6.03 Å². The van der Waals surface area contributed by atoms with E-state index in [0.29, 0.717) is 5.69 Å². The molecule has 1 aromatic rings. The summed E-state index contributed by atoms with van der Waals surface area (Å²) in [6.45, 7) is 1.71. The van der Waals surface area contributed by atoms with E-state index in [-0.39, 0.29) is 18.4 Å². The molecule has 7 heteroatoms. The molecule has 0 aliphatic carbocycles. The second-order valence-corrected chi connectivity index (χ2v) is 5.72. The normalized spacial score (nSPS) is 21.4. The topological polar surface area (TPSA) is 87.3 Å². The number of urea groups is 1. The van der Waals surface area contributed by atoms with Crippen LogP contribution in [-0.2, 0) is 9.59 Å². The standard InChI is InChI=1S/C14H17N3O3S/c1-8-11(13(19)17-14(20)15-8)7-12(18)16-9-4-3-5-10(6-9)21-2/h3-6,8,11H,7H2,1-2H3,(H,16,18)(H2,15,17,19,20). The van der Waals surface area contributed by atoms with E-state index >= 15 is 0 Å². The number of amides is 4. The molecule has 2 atom stereocenters. The van der Waals surface area contributed by atoms with Crippen LogP contribution in [0.1, 0.15) is 13.3 Å². The molecule has 6 nitrogen and oxygen atoms in total. The van der Waals surface area contributed by atoms with Crippen LogP contribution in [0.15, 0.2) is 29.2 Å². The Kier molecular flexibility index (Phi) is 4.85. The molecule has 1 aliphatic rings. The molecule has 21 heavy (non-hydrogen) atoms. The summed E-state index contributed by atoms with van der Waals surface area (Å²) in [5.41, 5.74) is 0.694. The maximum Gasteiger partial charge on any atom is 0.321 e. The van der Waals surface area contributed by atoms with Gasteiger partial charge in [0.2, 0.25) is 11.8 Å². The first-order chi connectivity index (χ1) is 9.99. The minimum atomic E-state index is -0.563. The van der Waals surface area contributed by atoms with Gasteiger partial charge in [0.05, 0.1) is 5.92 Å². The summed E-state index contributed by atoms with van der Waals surface area (Å²) in [5, 5.41) is 7.54. The number of thioether (sulfide) groups is 1. The Morgan fingerprint density at radius 3 is 2.81 bits per heavy atom. The van der Waals surface area contributed by atoms with Crippen LogP contribution >= 0.6 is 11.8 Å². The van der Waals surface area contributed by atoms with Crippen molar-refractivity contribution in [3.63, 3.8) is 0 Å². The van der Waals surface area contributed by atoms with Gasteiger partial charge in [-0.25, -0.2) is 4.79 Å². The van der Waals surface area contributed by atoms with Crippen LogP contribution < -0.4 is 16.0 Å². The summed E-state index contributed by atoms with van der Waals surface area (Å²) in [4.78, 5) is 36.0. The molecule has 1 heterocycles. The molecule has 0 spiro atoms. The van der Waals surface area contributed by atoms with Crippen LogP contribution in [-0.4, -0.2) is 30.1 Å². The lowest BCUT2D eigenvalue weighted by atomic mass is 9.94. The Bertz CT molecular complexity index is 576. The monoisotopic (exact) mass is 307 g/mol. The lowest BCUT2D eigenvalue weighted by molar-refractivity contribution is -0.129. The summed E-state index contributed by atoms with van der Waals surface area (Å²) in [5.74, 6) is -1.23. The zero-order valence-corrected chi connectivity index (χ0v) is 12.6. The number of nitrogens with one attached hydrogen (secondary N) is 3. The van der Waals surface area contributed by atoms with E-state index < -0.39 is 17.9 Å². The molecular formula is C14H17N3O3S.